The first kappa shape index (κ1) is 14.1. The van der Waals surface area contributed by atoms with Crippen molar-refractivity contribution < 1.29 is 9.59 Å². The van der Waals surface area contributed by atoms with Gasteiger partial charge in [-0.05, 0) is 25.7 Å². The van der Waals surface area contributed by atoms with E-state index in [0.29, 0.717) is 11.7 Å². The summed E-state index contributed by atoms with van der Waals surface area (Å²) >= 11 is 0. The number of carbonyl (C=O) groups excluding carboxylic acids is 2. The predicted molar refractivity (Wildman–Crippen MR) is 77.4 cm³/mol. The Morgan fingerprint density at radius 1 is 1.38 bits per heavy atom. The number of hydrogen-bond donors (Lipinski definition) is 3. The van der Waals surface area contributed by atoms with Crippen LogP contribution in [0.25, 0.3) is 0 Å². The van der Waals surface area contributed by atoms with Crippen LogP contribution in [0.4, 0.5) is 5.69 Å². The molecular weight excluding hydrogens is 270 g/mol. The van der Waals surface area contributed by atoms with Gasteiger partial charge in [0.15, 0.2) is 0 Å². The number of nitrogens with two attached hydrogens (primary N) is 1. The summed E-state index contributed by atoms with van der Waals surface area (Å²) in [5.41, 5.74) is 5.92. The fourth-order valence-corrected chi connectivity index (χ4v) is 2.65. The molecule has 0 bridgehead atoms. The van der Waals surface area contributed by atoms with Gasteiger partial charge in [-0.1, -0.05) is 12.8 Å². The zero-order valence-electron chi connectivity index (χ0n) is 12.0. The average Bonchev–Trinajstić information content (AvgIpc) is 2.94. The first-order valence-electron chi connectivity index (χ1n) is 7.47. The minimum absolute atomic E-state index is 0.0513. The normalized spacial score (nSPS) is 20.2. The lowest BCUT2D eigenvalue weighted by Gasteiger charge is -2.21. The number of carbonyl (C=O) groups is 2. The number of rotatable bonds is 5. The van der Waals surface area contributed by atoms with E-state index in [1.807, 2.05) is 0 Å². The number of amides is 2. The molecule has 2 fully saturated rings. The topological polar surface area (TPSA) is 102 Å². The van der Waals surface area contributed by atoms with Gasteiger partial charge in [0.2, 0.25) is 11.8 Å². The molecule has 2 aliphatic rings. The fraction of sp³-hybridized carbons (Fsp3) is 0.643. The molecule has 114 valence electrons. The molecule has 21 heavy (non-hydrogen) atoms. The molecule has 7 heteroatoms. The molecule has 2 saturated carbocycles. The molecule has 1 aromatic heterocycles. The summed E-state index contributed by atoms with van der Waals surface area (Å²) in [6.07, 6.45) is 8.74. The smallest absolute Gasteiger partial charge is 0.244 e. The highest BCUT2D eigenvalue weighted by Gasteiger charge is 2.37. The monoisotopic (exact) mass is 291 g/mol. The Bertz CT molecular complexity index is 543. The van der Waals surface area contributed by atoms with Gasteiger partial charge in [-0.15, -0.1) is 0 Å². The Kier molecular flexibility index (Phi) is 3.67. The summed E-state index contributed by atoms with van der Waals surface area (Å²) < 4.78 is 1.52. The van der Waals surface area contributed by atoms with Crippen LogP contribution in [0, 0.1) is 0 Å². The van der Waals surface area contributed by atoms with Crippen LogP contribution in [0.15, 0.2) is 12.4 Å². The van der Waals surface area contributed by atoms with E-state index in [4.69, 9.17) is 5.73 Å². The van der Waals surface area contributed by atoms with Crippen molar-refractivity contribution in [2.45, 2.75) is 56.7 Å². The van der Waals surface area contributed by atoms with E-state index in [1.54, 1.807) is 12.4 Å². The molecule has 0 aromatic carbocycles. The molecule has 2 amide bonds. The van der Waals surface area contributed by atoms with Crippen LogP contribution < -0.4 is 16.4 Å². The molecule has 0 spiro atoms. The van der Waals surface area contributed by atoms with E-state index >= 15 is 0 Å². The van der Waals surface area contributed by atoms with Crippen molar-refractivity contribution in [1.29, 1.82) is 0 Å². The molecule has 2 aliphatic carbocycles. The molecule has 0 atom stereocenters. The second kappa shape index (κ2) is 5.48. The van der Waals surface area contributed by atoms with Gasteiger partial charge in [-0.25, -0.2) is 0 Å². The number of aromatic nitrogens is 2. The Morgan fingerprint density at radius 3 is 2.76 bits per heavy atom. The quantitative estimate of drug-likeness (QED) is 0.729. The third-order valence-corrected chi connectivity index (χ3v) is 4.09. The SMILES string of the molecule is NC1(C(=O)Nc2cnn(CC(=O)NC3CC3)c2)CCCC1. The Hall–Kier alpha value is -1.89. The molecule has 7 nitrogen and oxygen atoms in total. The molecule has 4 N–H and O–H groups in total. The molecule has 1 heterocycles. The Labute approximate surface area is 123 Å². The van der Waals surface area contributed by atoms with Gasteiger partial charge in [0.25, 0.3) is 0 Å². The maximum atomic E-state index is 12.2. The highest BCUT2D eigenvalue weighted by Crippen LogP contribution is 2.28. The maximum absolute atomic E-state index is 12.2. The standard InChI is InChI=1S/C14H21N5O2/c15-14(5-1-2-6-14)13(21)18-11-7-16-19(8-11)9-12(20)17-10-3-4-10/h7-8,10H,1-6,9,15H2,(H,17,20)(H,18,21). The molecule has 0 saturated heterocycles. The largest absolute Gasteiger partial charge is 0.352 e. The van der Waals surface area contributed by atoms with Gasteiger partial charge in [-0.3, -0.25) is 14.3 Å². The van der Waals surface area contributed by atoms with Crippen molar-refractivity contribution in [3.05, 3.63) is 12.4 Å². The third kappa shape index (κ3) is 3.41. The maximum Gasteiger partial charge on any atom is 0.244 e. The van der Waals surface area contributed by atoms with Gasteiger partial charge in [-0.2, -0.15) is 5.10 Å². The van der Waals surface area contributed by atoms with E-state index in [1.165, 1.54) is 4.68 Å². The highest BCUT2D eigenvalue weighted by molar-refractivity contribution is 5.98. The summed E-state index contributed by atoms with van der Waals surface area (Å²) in [6.45, 7) is 0.167. The number of anilines is 1. The van der Waals surface area contributed by atoms with Crippen molar-refractivity contribution in [3.63, 3.8) is 0 Å². The van der Waals surface area contributed by atoms with Gasteiger partial charge in [0.05, 0.1) is 17.4 Å². The Morgan fingerprint density at radius 2 is 2.10 bits per heavy atom. The molecule has 0 unspecified atom stereocenters. The summed E-state index contributed by atoms with van der Waals surface area (Å²) in [7, 11) is 0. The van der Waals surface area contributed by atoms with E-state index in [-0.39, 0.29) is 18.4 Å². The fourth-order valence-electron chi connectivity index (χ4n) is 2.65. The first-order chi connectivity index (χ1) is 10.0. The van der Waals surface area contributed by atoms with Gasteiger partial charge < -0.3 is 16.4 Å². The molecule has 1 aromatic rings. The van der Waals surface area contributed by atoms with Crippen molar-refractivity contribution in [3.8, 4) is 0 Å². The first-order valence-corrected chi connectivity index (χ1v) is 7.47. The van der Waals surface area contributed by atoms with Gasteiger partial charge in [0.1, 0.15) is 6.54 Å². The molecule has 0 aliphatic heterocycles. The highest BCUT2D eigenvalue weighted by atomic mass is 16.2. The van der Waals surface area contributed by atoms with E-state index in [9.17, 15) is 9.59 Å². The van der Waals surface area contributed by atoms with Crippen molar-refractivity contribution >= 4 is 17.5 Å². The summed E-state index contributed by atoms with van der Waals surface area (Å²) in [4.78, 5) is 23.8. The second-order valence-electron chi connectivity index (χ2n) is 6.09. The molecule has 3 rings (SSSR count). The minimum Gasteiger partial charge on any atom is -0.352 e. The van der Waals surface area contributed by atoms with Crippen LogP contribution in [0.3, 0.4) is 0 Å². The summed E-state index contributed by atoms with van der Waals surface area (Å²) in [6, 6.07) is 0.340. The van der Waals surface area contributed by atoms with Gasteiger partial charge >= 0.3 is 0 Å². The predicted octanol–water partition coefficient (Wildman–Crippen LogP) is 0.372. The number of nitrogens with zero attached hydrogens (tertiary/aromatic N) is 2. The van der Waals surface area contributed by atoms with Crippen LogP contribution in [-0.4, -0.2) is 33.2 Å². The van der Waals surface area contributed by atoms with Crippen LogP contribution in [0.1, 0.15) is 38.5 Å². The molecular formula is C14H21N5O2. The zero-order chi connectivity index (χ0) is 14.9. The lowest BCUT2D eigenvalue weighted by Crippen LogP contribution is -2.48. The minimum atomic E-state index is -0.758. The Balaban J connectivity index is 1.54. The van der Waals surface area contributed by atoms with Crippen molar-refractivity contribution in [2.24, 2.45) is 5.73 Å². The van der Waals surface area contributed by atoms with E-state index in [0.717, 1.165) is 38.5 Å². The molecule has 0 radical (unpaired) electrons. The van der Waals surface area contributed by atoms with Crippen molar-refractivity contribution in [2.75, 3.05) is 5.32 Å². The van der Waals surface area contributed by atoms with Crippen LogP contribution in [0.2, 0.25) is 0 Å². The summed E-state index contributed by atoms with van der Waals surface area (Å²) in [5.74, 6) is -0.216. The second-order valence-corrected chi connectivity index (χ2v) is 6.09. The summed E-state index contributed by atoms with van der Waals surface area (Å²) in [5, 5.41) is 9.77. The number of nitrogens with one attached hydrogen (secondary N) is 2. The zero-order valence-corrected chi connectivity index (χ0v) is 12.0. The van der Waals surface area contributed by atoms with Gasteiger partial charge in [0, 0.05) is 12.2 Å². The van der Waals surface area contributed by atoms with Crippen LogP contribution in [-0.2, 0) is 16.1 Å². The average molecular weight is 291 g/mol. The van der Waals surface area contributed by atoms with Crippen LogP contribution >= 0.6 is 0 Å². The van der Waals surface area contributed by atoms with E-state index in [2.05, 4.69) is 15.7 Å². The lowest BCUT2D eigenvalue weighted by molar-refractivity contribution is -0.122. The van der Waals surface area contributed by atoms with Crippen molar-refractivity contribution in [1.82, 2.24) is 15.1 Å². The van der Waals surface area contributed by atoms with E-state index < -0.39 is 5.54 Å². The number of hydrogen-bond acceptors (Lipinski definition) is 4. The lowest BCUT2D eigenvalue weighted by atomic mass is 9.98. The third-order valence-electron chi connectivity index (χ3n) is 4.09. The van der Waals surface area contributed by atoms with Crippen LogP contribution in [0.5, 0.6) is 0 Å².